The Bertz CT molecular complexity index is 379. The molecule has 2 aliphatic rings. The topological polar surface area (TPSA) is 34.0 Å². The van der Waals surface area contributed by atoms with Crippen molar-refractivity contribution in [1.82, 2.24) is 9.88 Å². The molecule has 0 fully saturated rings. The summed E-state index contributed by atoms with van der Waals surface area (Å²) in [5.74, 6) is 0.0978. The molecule has 0 unspecified atom stereocenters. The fourth-order valence-electron chi connectivity index (χ4n) is 2.42. The van der Waals surface area contributed by atoms with Gasteiger partial charge in [-0.3, -0.25) is 4.79 Å². The predicted octanol–water partition coefficient (Wildman–Crippen LogP) is 1.75. The molecule has 0 aromatic carbocycles. The molecule has 1 aliphatic carbocycles. The summed E-state index contributed by atoms with van der Waals surface area (Å²) >= 11 is 0. The number of aryl methyl sites for hydroxylation is 1. The number of carbonyl (C=O) groups excluding carboxylic acids is 1. The Morgan fingerprint density at radius 3 is 2.93 bits per heavy atom. The van der Waals surface area contributed by atoms with Gasteiger partial charge in [0.25, 0.3) is 5.91 Å². The molecule has 3 heteroatoms. The molecule has 1 N–H and O–H groups in total. The van der Waals surface area contributed by atoms with Crippen LogP contribution in [0.4, 0.5) is 0 Å². The lowest BCUT2D eigenvalue weighted by Crippen LogP contribution is -2.35. The summed E-state index contributed by atoms with van der Waals surface area (Å²) in [6, 6.07) is 2.07. The Labute approximate surface area is 90.5 Å². The first-order valence-corrected chi connectivity index (χ1v) is 5.86. The van der Waals surface area contributed by atoms with Gasteiger partial charge in [-0.1, -0.05) is 13.8 Å². The first-order valence-electron chi connectivity index (χ1n) is 5.86. The van der Waals surface area contributed by atoms with Gasteiger partial charge in [0.05, 0.1) is 0 Å². The zero-order chi connectivity index (χ0) is 10.8. The number of fused-ring (bicyclic) bond motifs is 3. The Kier molecular flexibility index (Phi) is 2.80. The maximum Gasteiger partial charge on any atom is 0.267 e. The van der Waals surface area contributed by atoms with E-state index in [2.05, 4.69) is 16.0 Å². The number of hydrogen-bond acceptors (Lipinski definition) is 1. The first-order chi connectivity index (χ1) is 7.36. The summed E-state index contributed by atoms with van der Waals surface area (Å²) < 4.78 is 2.20. The van der Waals surface area contributed by atoms with Gasteiger partial charge in [0.1, 0.15) is 5.69 Å². The second-order valence-electron chi connectivity index (χ2n) is 3.76. The van der Waals surface area contributed by atoms with Crippen molar-refractivity contribution < 1.29 is 4.79 Å². The molecule has 0 atom stereocenters. The highest BCUT2D eigenvalue weighted by Crippen LogP contribution is 2.26. The largest absolute Gasteiger partial charge is 0.349 e. The molecule has 0 bridgehead atoms. The van der Waals surface area contributed by atoms with E-state index in [4.69, 9.17) is 0 Å². The number of hydrogen-bond donors (Lipinski definition) is 1. The van der Waals surface area contributed by atoms with Crippen LogP contribution in [0.15, 0.2) is 6.07 Å². The van der Waals surface area contributed by atoms with Crippen molar-refractivity contribution in [3.8, 4) is 0 Å². The minimum absolute atomic E-state index is 0.0978. The third kappa shape index (κ3) is 1.56. The molecule has 3 rings (SSSR count). The van der Waals surface area contributed by atoms with Gasteiger partial charge < -0.3 is 9.88 Å². The third-order valence-corrected chi connectivity index (χ3v) is 3.01. The third-order valence-electron chi connectivity index (χ3n) is 3.01. The van der Waals surface area contributed by atoms with Crippen LogP contribution in [0.1, 0.15) is 42.0 Å². The van der Waals surface area contributed by atoms with Gasteiger partial charge in [-0.2, -0.15) is 0 Å². The van der Waals surface area contributed by atoms with E-state index < -0.39 is 0 Å². The number of rotatable bonds is 0. The van der Waals surface area contributed by atoms with Crippen molar-refractivity contribution in [2.24, 2.45) is 0 Å². The maximum absolute atomic E-state index is 11.5. The van der Waals surface area contributed by atoms with Gasteiger partial charge in [-0.25, -0.2) is 0 Å². The van der Waals surface area contributed by atoms with Gasteiger partial charge in [0.15, 0.2) is 0 Å². The van der Waals surface area contributed by atoms with Crippen LogP contribution in [0.5, 0.6) is 0 Å². The lowest BCUT2D eigenvalue weighted by Gasteiger charge is -2.17. The summed E-state index contributed by atoms with van der Waals surface area (Å²) in [6.07, 6.45) is 3.57. The lowest BCUT2D eigenvalue weighted by atomic mass is 10.2. The van der Waals surface area contributed by atoms with Crippen LogP contribution in [0, 0.1) is 0 Å². The average Bonchev–Trinajstić information content (AvgIpc) is 2.82. The van der Waals surface area contributed by atoms with Crippen LogP contribution in [0.2, 0.25) is 0 Å². The van der Waals surface area contributed by atoms with Crippen molar-refractivity contribution in [1.29, 1.82) is 0 Å². The molecule has 82 valence electrons. The zero-order valence-electron chi connectivity index (χ0n) is 9.47. The summed E-state index contributed by atoms with van der Waals surface area (Å²) in [5, 5.41) is 2.87. The molecule has 1 aromatic rings. The summed E-state index contributed by atoms with van der Waals surface area (Å²) in [5.41, 5.74) is 3.67. The van der Waals surface area contributed by atoms with E-state index >= 15 is 0 Å². The summed E-state index contributed by atoms with van der Waals surface area (Å²) in [4.78, 5) is 11.5. The fourth-order valence-corrected chi connectivity index (χ4v) is 2.42. The maximum atomic E-state index is 11.5. The van der Waals surface area contributed by atoms with Gasteiger partial charge in [-0.05, 0) is 30.9 Å². The lowest BCUT2D eigenvalue weighted by molar-refractivity contribution is 0.0927. The van der Waals surface area contributed by atoms with E-state index in [1.807, 2.05) is 13.8 Å². The van der Waals surface area contributed by atoms with E-state index in [9.17, 15) is 4.79 Å². The summed E-state index contributed by atoms with van der Waals surface area (Å²) in [7, 11) is 0. The average molecular weight is 206 g/mol. The quantitative estimate of drug-likeness (QED) is 0.689. The second-order valence-corrected chi connectivity index (χ2v) is 3.76. The number of amides is 1. The van der Waals surface area contributed by atoms with Gasteiger partial charge in [0.2, 0.25) is 0 Å². The molecular formula is C12H18N2O. The van der Waals surface area contributed by atoms with Crippen LogP contribution in [0.25, 0.3) is 0 Å². The molecule has 0 spiro atoms. The number of carbonyl (C=O) groups is 1. The minimum Gasteiger partial charge on any atom is -0.349 e. The highest BCUT2D eigenvalue weighted by Gasteiger charge is 2.24. The van der Waals surface area contributed by atoms with Crippen molar-refractivity contribution >= 4 is 5.91 Å². The molecule has 1 aromatic heterocycles. The zero-order valence-corrected chi connectivity index (χ0v) is 9.47. The van der Waals surface area contributed by atoms with Gasteiger partial charge >= 0.3 is 0 Å². The SMILES string of the molecule is CC.O=C1NCCn2c1cc1c2CCC1. The molecule has 1 aliphatic heterocycles. The van der Waals surface area contributed by atoms with Crippen molar-refractivity contribution in [3.05, 3.63) is 23.0 Å². The molecule has 0 radical (unpaired) electrons. The number of aromatic nitrogens is 1. The van der Waals surface area contributed by atoms with Crippen molar-refractivity contribution in [3.63, 3.8) is 0 Å². The minimum atomic E-state index is 0.0978. The molecule has 2 heterocycles. The first kappa shape index (κ1) is 10.3. The molecule has 0 saturated carbocycles. The second kappa shape index (κ2) is 4.09. The normalized spacial score (nSPS) is 17.3. The van der Waals surface area contributed by atoms with E-state index in [1.54, 1.807) is 0 Å². The number of nitrogens with zero attached hydrogens (tertiary/aromatic N) is 1. The smallest absolute Gasteiger partial charge is 0.267 e. The van der Waals surface area contributed by atoms with E-state index in [-0.39, 0.29) is 5.91 Å². The molecule has 3 nitrogen and oxygen atoms in total. The molecule has 15 heavy (non-hydrogen) atoms. The molecule has 0 saturated heterocycles. The van der Waals surface area contributed by atoms with Crippen molar-refractivity contribution in [2.75, 3.05) is 6.54 Å². The summed E-state index contributed by atoms with van der Waals surface area (Å²) in [6.45, 7) is 5.74. The van der Waals surface area contributed by atoms with Crippen LogP contribution in [-0.2, 0) is 19.4 Å². The molecular weight excluding hydrogens is 188 g/mol. The van der Waals surface area contributed by atoms with Crippen molar-refractivity contribution in [2.45, 2.75) is 39.7 Å². The van der Waals surface area contributed by atoms with Crippen LogP contribution >= 0.6 is 0 Å². The Morgan fingerprint density at radius 2 is 2.13 bits per heavy atom. The van der Waals surface area contributed by atoms with Crippen LogP contribution < -0.4 is 5.32 Å². The Hall–Kier alpha value is -1.25. The molecule has 1 amide bonds. The van der Waals surface area contributed by atoms with E-state index in [1.165, 1.54) is 17.7 Å². The fraction of sp³-hybridized carbons (Fsp3) is 0.583. The Morgan fingerprint density at radius 1 is 1.33 bits per heavy atom. The van der Waals surface area contributed by atoms with Gasteiger partial charge in [0, 0.05) is 18.8 Å². The van der Waals surface area contributed by atoms with Crippen LogP contribution in [0.3, 0.4) is 0 Å². The monoisotopic (exact) mass is 206 g/mol. The number of nitrogens with one attached hydrogen (secondary N) is 1. The van der Waals surface area contributed by atoms with Gasteiger partial charge in [-0.15, -0.1) is 0 Å². The predicted molar refractivity (Wildman–Crippen MR) is 60.1 cm³/mol. The highest BCUT2D eigenvalue weighted by atomic mass is 16.2. The Balaban J connectivity index is 0.000000404. The van der Waals surface area contributed by atoms with E-state index in [0.717, 1.165) is 31.6 Å². The van der Waals surface area contributed by atoms with Crippen LogP contribution in [-0.4, -0.2) is 17.0 Å². The highest BCUT2D eigenvalue weighted by molar-refractivity contribution is 5.94. The standard InChI is InChI=1S/C10H12N2O.C2H6/c13-10-9-6-7-2-1-3-8(7)12(9)5-4-11-10;1-2/h6H,1-5H2,(H,11,13);1-2H3. The van der Waals surface area contributed by atoms with E-state index in [0.29, 0.717) is 0 Å².